The Morgan fingerprint density at radius 1 is 1.08 bits per heavy atom. The van der Waals surface area contributed by atoms with Crippen LogP contribution in [0, 0.1) is 11.7 Å². The summed E-state index contributed by atoms with van der Waals surface area (Å²) in [7, 11) is 0. The Morgan fingerprint density at radius 2 is 1.83 bits per heavy atom. The second-order valence-electron chi connectivity index (χ2n) is 6.08. The molecule has 3 unspecified atom stereocenters. The van der Waals surface area contributed by atoms with Crippen molar-refractivity contribution in [3.05, 3.63) is 66.0 Å². The molecule has 121 valence electrons. The third kappa shape index (κ3) is 2.99. The molecule has 0 spiro atoms. The summed E-state index contributed by atoms with van der Waals surface area (Å²) in [6.45, 7) is 2.02. The number of hydrogen-bond donors (Lipinski definition) is 0. The van der Waals surface area contributed by atoms with E-state index in [4.69, 9.17) is 12.7 Å². The summed E-state index contributed by atoms with van der Waals surface area (Å²) >= 11 is -0.543. The van der Waals surface area contributed by atoms with Gasteiger partial charge in [-0.15, -0.1) is 0 Å². The van der Waals surface area contributed by atoms with Crippen molar-refractivity contribution in [1.82, 2.24) is 0 Å². The monoisotopic (exact) mass is 339 g/mol. The first kappa shape index (κ1) is 15.8. The summed E-state index contributed by atoms with van der Waals surface area (Å²) in [5.74, 6) is -0.138. The summed E-state index contributed by atoms with van der Waals surface area (Å²) in [6.07, 6.45) is 0.607. The van der Waals surface area contributed by atoms with Crippen molar-refractivity contribution in [2.75, 3.05) is 5.01 Å². The topological polar surface area (TPSA) is 34.1 Å². The van der Waals surface area contributed by atoms with Gasteiger partial charge in [0.05, 0.1) is 11.6 Å². The lowest BCUT2D eigenvalue weighted by Gasteiger charge is -2.38. The summed E-state index contributed by atoms with van der Waals surface area (Å²) in [6, 6.07) is 16.6. The lowest BCUT2D eigenvalue weighted by molar-refractivity contribution is 0.00898. The van der Waals surface area contributed by atoms with Crippen molar-refractivity contribution in [3.8, 4) is 0 Å². The van der Waals surface area contributed by atoms with Crippen LogP contribution in [0.25, 0.3) is 0 Å². The second-order valence-corrected chi connectivity index (χ2v) is 6.81. The van der Waals surface area contributed by atoms with Crippen LogP contribution in [0.15, 0.2) is 59.7 Å². The average molecular weight is 339 g/mol. The molecule has 1 fully saturated rings. The van der Waals surface area contributed by atoms with Gasteiger partial charge >= 0.3 is 15.9 Å². The van der Waals surface area contributed by atoms with Crippen LogP contribution < -0.4 is 5.01 Å². The zero-order chi connectivity index (χ0) is 16.5. The largest absolute Gasteiger partial charge is 0.670 e. The summed E-state index contributed by atoms with van der Waals surface area (Å²) in [5, 5.41) is 6.66. The quantitative estimate of drug-likeness (QED) is 0.806. The van der Waals surface area contributed by atoms with Crippen molar-refractivity contribution < 1.29 is 12.0 Å². The fraction of sp³-hybridized carbons (Fsp3) is 0.278. The van der Waals surface area contributed by atoms with Crippen LogP contribution >= 0.6 is 0 Å². The highest BCUT2D eigenvalue weighted by atomic mass is 27.2. The molecule has 2 heterocycles. The minimum absolute atomic E-state index is 0.00155. The number of anilines is 1. The molecule has 0 amide bonds. The number of nitrogens with zero attached hydrogens (tertiary/aromatic N) is 2. The molecule has 1 saturated heterocycles. The van der Waals surface area contributed by atoms with Gasteiger partial charge in [-0.3, -0.25) is 0 Å². The van der Waals surface area contributed by atoms with E-state index in [1.165, 1.54) is 12.1 Å². The minimum Gasteiger partial charge on any atom is -0.480 e. The van der Waals surface area contributed by atoms with Crippen molar-refractivity contribution in [2.45, 2.75) is 25.7 Å². The molecule has 2 aromatic carbocycles. The molecule has 0 aliphatic carbocycles. The Kier molecular flexibility index (Phi) is 4.38. The van der Waals surface area contributed by atoms with Gasteiger partial charge in [0.25, 0.3) is 0 Å². The molecule has 4 rings (SSSR count). The lowest BCUT2D eigenvalue weighted by Crippen LogP contribution is -2.49. The first-order chi connectivity index (χ1) is 11.7. The first-order valence-electron chi connectivity index (χ1n) is 7.99. The Labute approximate surface area is 147 Å². The van der Waals surface area contributed by atoms with Gasteiger partial charge in [0.2, 0.25) is 0 Å². The Morgan fingerprint density at radius 3 is 2.58 bits per heavy atom. The van der Waals surface area contributed by atoms with Crippen molar-refractivity contribution >= 4 is 27.3 Å². The molecule has 2 aliphatic rings. The fourth-order valence-electron chi connectivity index (χ4n) is 3.31. The van der Waals surface area contributed by atoms with Crippen LogP contribution in [-0.2, 0) is 14.0 Å². The molecule has 2 aliphatic heterocycles. The first-order valence-corrected chi connectivity index (χ1v) is 8.93. The molecule has 0 bridgehead atoms. The second kappa shape index (κ2) is 6.66. The number of fused-ring (bicyclic) bond motifs is 1. The molecule has 4 nitrogen and oxygen atoms in total. The van der Waals surface area contributed by atoms with Crippen LogP contribution in [0.2, 0.25) is 0 Å². The predicted octanol–water partition coefficient (Wildman–Crippen LogP) is 3.16. The van der Waals surface area contributed by atoms with E-state index in [0.29, 0.717) is 0 Å². The molecular weight excluding hydrogens is 322 g/mol. The van der Waals surface area contributed by atoms with Crippen LogP contribution in [0.3, 0.4) is 0 Å². The maximum atomic E-state index is 13.1. The van der Waals surface area contributed by atoms with Crippen molar-refractivity contribution in [2.24, 2.45) is 11.0 Å². The Bertz CT molecular complexity index is 738. The van der Waals surface area contributed by atoms with Crippen LogP contribution in [0.4, 0.5) is 10.1 Å². The highest BCUT2D eigenvalue weighted by Gasteiger charge is 2.45. The molecule has 3 atom stereocenters. The zero-order valence-corrected chi connectivity index (χ0v) is 14.5. The van der Waals surface area contributed by atoms with E-state index in [0.717, 1.165) is 23.4 Å². The molecule has 2 aromatic rings. The SMILES string of the molecule is CC1=NN(c2ccccc2)C2[O][Al][O]C(Cc3ccc(F)cc3)C12. The van der Waals surface area contributed by atoms with E-state index >= 15 is 0 Å². The van der Waals surface area contributed by atoms with Crippen LogP contribution in [0.5, 0.6) is 0 Å². The van der Waals surface area contributed by atoms with E-state index in [1.54, 1.807) is 0 Å². The number of hydrazone groups is 1. The Balaban J connectivity index is 1.57. The van der Waals surface area contributed by atoms with E-state index in [9.17, 15) is 4.39 Å². The van der Waals surface area contributed by atoms with Gasteiger partial charge in [-0.05, 0) is 43.2 Å². The van der Waals surface area contributed by atoms with Gasteiger partial charge in [0, 0.05) is 11.8 Å². The third-order valence-corrected chi connectivity index (χ3v) is 5.34. The number of rotatable bonds is 3. The predicted molar refractivity (Wildman–Crippen MR) is 91.1 cm³/mol. The molecular formula is C18H17AlFN2O2. The lowest BCUT2D eigenvalue weighted by atomic mass is 9.91. The highest BCUT2D eigenvalue weighted by molar-refractivity contribution is 6.19. The molecule has 24 heavy (non-hydrogen) atoms. The van der Waals surface area contributed by atoms with Crippen LogP contribution in [0.1, 0.15) is 12.5 Å². The van der Waals surface area contributed by atoms with Gasteiger partial charge in [0.1, 0.15) is 12.0 Å². The summed E-state index contributed by atoms with van der Waals surface area (Å²) in [4.78, 5) is 0. The highest BCUT2D eigenvalue weighted by Crippen LogP contribution is 2.35. The third-order valence-electron chi connectivity index (χ3n) is 4.49. The molecule has 0 saturated carbocycles. The number of hydrogen-bond acceptors (Lipinski definition) is 4. The van der Waals surface area contributed by atoms with E-state index in [1.807, 2.05) is 54.4 Å². The molecule has 1 radical (unpaired) electrons. The normalized spacial score (nSPS) is 25.8. The standard InChI is InChI=1S/C18H17FN2O2.Al/c1-12-17(16(22)11-13-7-9-14(19)10-8-13)18(23)21(20-12)15-5-3-2-4-6-15;/h2-10,16-18H,11H2,1H3;/q-2;+2. The summed E-state index contributed by atoms with van der Waals surface area (Å²) < 4.78 is 25.0. The van der Waals surface area contributed by atoms with E-state index in [2.05, 4.69) is 0 Å². The van der Waals surface area contributed by atoms with Crippen molar-refractivity contribution in [3.63, 3.8) is 0 Å². The molecule has 0 aromatic heterocycles. The minimum atomic E-state index is -0.543. The van der Waals surface area contributed by atoms with Gasteiger partial charge < -0.3 is 7.58 Å². The molecule has 6 heteroatoms. The Hall–Kier alpha value is -1.71. The summed E-state index contributed by atoms with van der Waals surface area (Å²) in [5.41, 5.74) is 3.09. The molecule has 0 N–H and O–H groups in total. The number of benzene rings is 2. The number of halogens is 1. The maximum Gasteiger partial charge on any atom is 0.670 e. The van der Waals surface area contributed by atoms with E-state index < -0.39 is 15.9 Å². The van der Waals surface area contributed by atoms with Gasteiger partial charge in [0.15, 0.2) is 0 Å². The fourth-order valence-corrected chi connectivity index (χ4v) is 4.18. The van der Waals surface area contributed by atoms with Crippen molar-refractivity contribution in [1.29, 1.82) is 0 Å². The van der Waals surface area contributed by atoms with E-state index in [-0.39, 0.29) is 24.1 Å². The average Bonchev–Trinajstić information content (AvgIpc) is 2.96. The smallest absolute Gasteiger partial charge is 0.480 e. The number of para-hydroxylation sites is 1. The van der Waals surface area contributed by atoms with Crippen LogP contribution in [-0.4, -0.2) is 33.9 Å². The van der Waals surface area contributed by atoms with Gasteiger partial charge in [-0.2, -0.15) is 5.10 Å². The van der Waals surface area contributed by atoms with Gasteiger partial charge in [-0.1, -0.05) is 30.3 Å². The zero-order valence-electron chi connectivity index (χ0n) is 13.3. The van der Waals surface area contributed by atoms with Gasteiger partial charge in [-0.25, -0.2) is 9.40 Å². The maximum absolute atomic E-state index is 13.1.